The van der Waals surface area contributed by atoms with Crippen LogP contribution in [-0.2, 0) is 4.79 Å². The Balaban J connectivity index is 1.52. The van der Waals surface area contributed by atoms with Crippen LogP contribution in [0.5, 0.6) is 11.8 Å². The van der Waals surface area contributed by atoms with Crippen molar-refractivity contribution in [3.05, 3.63) is 60.8 Å². The molecule has 3 heterocycles. The highest BCUT2D eigenvalue weighted by Gasteiger charge is 2.13. The molecule has 4 aromatic rings. The summed E-state index contributed by atoms with van der Waals surface area (Å²) in [5.74, 6) is 0.758. The molecule has 0 bridgehead atoms. The SMILES string of the molecule is COc1ccc(-c2cn3cccnc3n2)cc1NC(=O)COc1nccc(C)n1. The Kier molecular flexibility index (Phi) is 5.02. The number of fused-ring (bicyclic) bond motifs is 1. The fraction of sp³-hybridized carbons (Fsp3) is 0.150. The Labute approximate surface area is 166 Å². The van der Waals surface area contributed by atoms with E-state index in [1.807, 2.05) is 35.9 Å². The number of nitrogens with one attached hydrogen (secondary N) is 1. The maximum Gasteiger partial charge on any atom is 0.317 e. The van der Waals surface area contributed by atoms with Crippen molar-refractivity contribution in [2.75, 3.05) is 19.0 Å². The van der Waals surface area contributed by atoms with Gasteiger partial charge < -0.3 is 14.8 Å². The summed E-state index contributed by atoms with van der Waals surface area (Å²) in [6.45, 7) is 1.59. The maximum atomic E-state index is 12.4. The third kappa shape index (κ3) is 4.13. The number of methoxy groups -OCH3 is 1. The number of benzene rings is 1. The number of anilines is 1. The van der Waals surface area contributed by atoms with Gasteiger partial charge in [0.25, 0.3) is 5.91 Å². The highest BCUT2D eigenvalue weighted by Crippen LogP contribution is 2.30. The largest absolute Gasteiger partial charge is 0.495 e. The molecule has 0 saturated carbocycles. The lowest BCUT2D eigenvalue weighted by molar-refractivity contribution is -0.118. The fourth-order valence-corrected chi connectivity index (χ4v) is 2.75. The first kappa shape index (κ1) is 18.4. The number of carbonyl (C=O) groups excluding carboxylic acids is 1. The Morgan fingerprint density at radius 3 is 2.86 bits per heavy atom. The zero-order valence-electron chi connectivity index (χ0n) is 15.9. The normalized spacial score (nSPS) is 10.7. The molecule has 0 atom stereocenters. The van der Waals surface area contributed by atoms with E-state index in [9.17, 15) is 4.79 Å². The number of rotatable bonds is 6. The van der Waals surface area contributed by atoms with E-state index >= 15 is 0 Å². The standard InChI is InChI=1S/C20H18N6O3/c1-13-6-8-22-20(23-13)29-12-18(27)24-15-10-14(4-5-17(15)28-2)16-11-26-9-3-7-21-19(26)25-16/h3-11H,12H2,1-2H3,(H,24,27). The summed E-state index contributed by atoms with van der Waals surface area (Å²) >= 11 is 0. The first-order valence-corrected chi connectivity index (χ1v) is 8.83. The fourth-order valence-electron chi connectivity index (χ4n) is 2.75. The number of aromatic nitrogens is 5. The number of ether oxygens (including phenoxy) is 2. The number of imidazole rings is 1. The van der Waals surface area contributed by atoms with Gasteiger partial charge in [-0.15, -0.1) is 0 Å². The highest BCUT2D eigenvalue weighted by molar-refractivity contribution is 5.94. The molecule has 1 N–H and O–H groups in total. The zero-order chi connectivity index (χ0) is 20.2. The van der Waals surface area contributed by atoms with Crippen molar-refractivity contribution in [2.24, 2.45) is 0 Å². The van der Waals surface area contributed by atoms with Gasteiger partial charge in [0.05, 0.1) is 18.5 Å². The molecule has 1 aromatic carbocycles. The zero-order valence-corrected chi connectivity index (χ0v) is 15.9. The second-order valence-electron chi connectivity index (χ2n) is 6.19. The molecule has 0 aliphatic rings. The lowest BCUT2D eigenvalue weighted by atomic mass is 10.1. The molecule has 0 aliphatic heterocycles. The molecular formula is C20H18N6O3. The van der Waals surface area contributed by atoms with Crippen molar-refractivity contribution in [3.63, 3.8) is 0 Å². The number of nitrogens with zero attached hydrogens (tertiary/aromatic N) is 5. The molecule has 0 fully saturated rings. The van der Waals surface area contributed by atoms with Gasteiger partial charge in [-0.05, 0) is 37.3 Å². The minimum absolute atomic E-state index is 0.151. The number of amides is 1. The van der Waals surface area contributed by atoms with Crippen molar-refractivity contribution in [2.45, 2.75) is 6.92 Å². The van der Waals surface area contributed by atoms with Crippen LogP contribution in [-0.4, -0.2) is 44.0 Å². The third-order valence-corrected chi connectivity index (χ3v) is 4.11. The third-order valence-electron chi connectivity index (χ3n) is 4.11. The molecule has 146 valence electrons. The summed E-state index contributed by atoms with van der Waals surface area (Å²) < 4.78 is 12.5. The van der Waals surface area contributed by atoms with E-state index in [0.717, 1.165) is 17.0 Å². The van der Waals surface area contributed by atoms with E-state index in [1.165, 1.54) is 7.11 Å². The van der Waals surface area contributed by atoms with Gasteiger partial charge in [-0.3, -0.25) is 9.20 Å². The van der Waals surface area contributed by atoms with Crippen LogP contribution in [0.1, 0.15) is 5.69 Å². The summed E-state index contributed by atoms with van der Waals surface area (Å²) in [4.78, 5) is 29.1. The van der Waals surface area contributed by atoms with Crippen LogP contribution in [0.2, 0.25) is 0 Å². The van der Waals surface area contributed by atoms with Crippen molar-refractivity contribution < 1.29 is 14.3 Å². The van der Waals surface area contributed by atoms with Crippen molar-refractivity contribution in [1.29, 1.82) is 0 Å². The molecule has 0 aliphatic carbocycles. The summed E-state index contributed by atoms with van der Waals surface area (Å²) in [6.07, 6.45) is 7.00. The van der Waals surface area contributed by atoms with Crippen LogP contribution in [0.4, 0.5) is 5.69 Å². The highest BCUT2D eigenvalue weighted by atomic mass is 16.5. The van der Waals surface area contributed by atoms with Gasteiger partial charge in [0.15, 0.2) is 6.61 Å². The lowest BCUT2D eigenvalue weighted by Crippen LogP contribution is -2.21. The van der Waals surface area contributed by atoms with E-state index in [0.29, 0.717) is 17.2 Å². The molecule has 4 rings (SSSR count). The molecule has 0 radical (unpaired) electrons. The van der Waals surface area contributed by atoms with E-state index in [-0.39, 0.29) is 18.5 Å². The summed E-state index contributed by atoms with van der Waals surface area (Å²) in [6, 6.07) is 9.16. The Hall–Kier alpha value is -4.01. The van der Waals surface area contributed by atoms with Crippen molar-refractivity contribution in [1.82, 2.24) is 24.3 Å². The van der Waals surface area contributed by atoms with Gasteiger partial charge in [0.2, 0.25) is 5.78 Å². The van der Waals surface area contributed by atoms with Crippen LogP contribution in [0.25, 0.3) is 17.0 Å². The predicted molar refractivity (Wildman–Crippen MR) is 106 cm³/mol. The average Bonchev–Trinajstić information content (AvgIpc) is 3.17. The Bertz CT molecular complexity index is 1140. The molecule has 9 heteroatoms. The smallest absolute Gasteiger partial charge is 0.317 e. The van der Waals surface area contributed by atoms with E-state index in [4.69, 9.17) is 9.47 Å². The van der Waals surface area contributed by atoms with E-state index in [2.05, 4.69) is 25.3 Å². The van der Waals surface area contributed by atoms with Crippen LogP contribution in [0.15, 0.2) is 55.1 Å². The molecule has 3 aromatic heterocycles. The number of carbonyl (C=O) groups is 1. The summed E-state index contributed by atoms with van der Waals surface area (Å²) in [7, 11) is 1.54. The predicted octanol–water partition coefficient (Wildman–Crippen LogP) is 2.52. The van der Waals surface area contributed by atoms with Crippen molar-refractivity contribution >= 4 is 17.4 Å². The van der Waals surface area contributed by atoms with Gasteiger partial charge in [-0.25, -0.2) is 19.9 Å². The van der Waals surface area contributed by atoms with Gasteiger partial charge in [0, 0.05) is 36.0 Å². The van der Waals surface area contributed by atoms with E-state index in [1.54, 1.807) is 30.6 Å². The molecule has 29 heavy (non-hydrogen) atoms. The van der Waals surface area contributed by atoms with Crippen LogP contribution >= 0.6 is 0 Å². The molecule has 0 unspecified atom stereocenters. The second-order valence-corrected chi connectivity index (χ2v) is 6.19. The van der Waals surface area contributed by atoms with Crippen LogP contribution in [0.3, 0.4) is 0 Å². The average molecular weight is 390 g/mol. The summed E-state index contributed by atoms with van der Waals surface area (Å²) in [5.41, 5.74) is 2.81. The van der Waals surface area contributed by atoms with Crippen molar-refractivity contribution in [3.8, 4) is 23.0 Å². The molecule has 0 saturated heterocycles. The van der Waals surface area contributed by atoms with Gasteiger partial charge in [-0.2, -0.15) is 0 Å². The minimum atomic E-state index is -0.359. The van der Waals surface area contributed by atoms with Crippen LogP contribution < -0.4 is 14.8 Å². The monoisotopic (exact) mass is 390 g/mol. The number of hydrogen-bond acceptors (Lipinski definition) is 7. The van der Waals surface area contributed by atoms with E-state index < -0.39 is 0 Å². The topological polar surface area (TPSA) is 104 Å². The summed E-state index contributed by atoms with van der Waals surface area (Å²) in [5, 5.41) is 2.80. The first-order valence-electron chi connectivity index (χ1n) is 8.83. The van der Waals surface area contributed by atoms with Gasteiger partial charge in [0.1, 0.15) is 5.75 Å². The molecule has 0 spiro atoms. The number of hydrogen-bond donors (Lipinski definition) is 1. The van der Waals surface area contributed by atoms with Gasteiger partial charge in [-0.1, -0.05) is 0 Å². The molecular weight excluding hydrogens is 372 g/mol. The minimum Gasteiger partial charge on any atom is -0.495 e. The molecule has 9 nitrogen and oxygen atoms in total. The molecule has 1 amide bonds. The number of aryl methyl sites for hydroxylation is 1. The maximum absolute atomic E-state index is 12.4. The first-order chi connectivity index (χ1) is 14.1. The Morgan fingerprint density at radius 2 is 2.07 bits per heavy atom. The second kappa shape index (κ2) is 7.93. The Morgan fingerprint density at radius 1 is 1.17 bits per heavy atom. The van der Waals surface area contributed by atoms with Crippen LogP contribution in [0, 0.1) is 6.92 Å². The van der Waals surface area contributed by atoms with Gasteiger partial charge >= 0.3 is 6.01 Å². The quantitative estimate of drug-likeness (QED) is 0.539. The lowest BCUT2D eigenvalue weighted by Gasteiger charge is -2.12.